The van der Waals surface area contributed by atoms with Gasteiger partial charge in [0.2, 0.25) is 11.8 Å². The van der Waals surface area contributed by atoms with Crippen LogP contribution >= 0.6 is 11.6 Å². The molecule has 1 heterocycles. The van der Waals surface area contributed by atoms with Crippen LogP contribution in [0, 0.1) is 5.82 Å². The van der Waals surface area contributed by atoms with Crippen LogP contribution in [0.5, 0.6) is 0 Å². The number of carbonyl (C=O) groups is 2. The van der Waals surface area contributed by atoms with Crippen molar-refractivity contribution in [1.29, 1.82) is 0 Å². The van der Waals surface area contributed by atoms with E-state index in [0.29, 0.717) is 6.42 Å². The maximum absolute atomic E-state index is 13.9. The van der Waals surface area contributed by atoms with Gasteiger partial charge in [-0.25, -0.2) is 4.39 Å². The summed E-state index contributed by atoms with van der Waals surface area (Å²) in [5, 5.41) is 2.90. The first-order chi connectivity index (χ1) is 9.02. The summed E-state index contributed by atoms with van der Waals surface area (Å²) < 4.78 is 13.9. The number of hydrogen-bond donors (Lipinski definition) is 1. The molecule has 1 aliphatic rings. The van der Waals surface area contributed by atoms with Crippen LogP contribution < -0.4 is 10.2 Å². The number of nitrogens with one attached hydrogen (secondary N) is 1. The summed E-state index contributed by atoms with van der Waals surface area (Å²) in [6, 6.07) is 3.53. The summed E-state index contributed by atoms with van der Waals surface area (Å²) in [4.78, 5) is 25.1. The average Bonchev–Trinajstić information content (AvgIpc) is 2.50. The maximum Gasteiger partial charge on any atom is 0.249 e. The van der Waals surface area contributed by atoms with Crippen molar-refractivity contribution in [2.24, 2.45) is 0 Å². The predicted molar refractivity (Wildman–Crippen MR) is 70.6 cm³/mol. The number of benzene rings is 1. The van der Waals surface area contributed by atoms with Gasteiger partial charge >= 0.3 is 0 Å². The van der Waals surface area contributed by atoms with Gasteiger partial charge in [0.15, 0.2) is 0 Å². The minimum Gasteiger partial charge on any atom is -0.344 e. The van der Waals surface area contributed by atoms with Gasteiger partial charge in [-0.15, -0.1) is 0 Å². The molecular formula is C13H14ClFN2O2. The van der Waals surface area contributed by atoms with Crippen molar-refractivity contribution in [3.63, 3.8) is 0 Å². The highest BCUT2D eigenvalue weighted by Crippen LogP contribution is 2.25. The highest BCUT2D eigenvalue weighted by Gasteiger charge is 2.30. The number of hydrogen-bond acceptors (Lipinski definition) is 2. The van der Waals surface area contributed by atoms with Crippen LogP contribution in [0.2, 0.25) is 5.02 Å². The second-order valence-corrected chi connectivity index (χ2v) is 4.80. The van der Waals surface area contributed by atoms with Gasteiger partial charge in [-0.05, 0) is 24.6 Å². The van der Waals surface area contributed by atoms with E-state index in [2.05, 4.69) is 5.32 Å². The molecule has 1 unspecified atom stereocenters. The van der Waals surface area contributed by atoms with Gasteiger partial charge in [0.25, 0.3) is 0 Å². The SMILES string of the molecule is CCC1NC(=O)CCN(c2ccc(Cl)cc2F)C1=O. The van der Waals surface area contributed by atoms with E-state index in [9.17, 15) is 14.0 Å². The molecule has 1 atom stereocenters. The molecule has 0 radical (unpaired) electrons. The van der Waals surface area contributed by atoms with Gasteiger partial charge in [0.05, 0.1) is 5.69 Å². The lowest BCUT2D eigenvalue weighted by Gasteiger charge is -2.24. The molecule has 19 heavy (non-hydrogen) atoms. The third kappa shape index (κ3) is 2.87. The van der Waals surface area contributed by atoms with Crippen LogP contribution in [-0.4, -0.2) is 24.4 Å². The van der Waals surface area contributed by atoms with Crippen molar-refractivity contribution in [3.05, 3.63) is 29.0 Å². The third-order valence-electron chi connectivity index (χ3n) is 3.07. The standard InChI is InChI=1S/C13H14ClFN2O2/c1-2-10-13(19)17(6-5-12(18)16-10)11-4-3-8(14)7-9(11)15/h3-4,7,10H,2,5-6H2,1H3,(H,16,18). The molecule has 102 valence electrons. The second-order valence-electron chi connectivity index (χ2n) is 4.36. The van der Waals surface area contributed by atoms with Gasteiger partial charge in [0.1, 0.15) is 11.9 Å². The third-order valence-corrected chi connectivity index (χ3v) is 3.31. The maximum atomic E-state index is 13.9. The Morgan fingerprint density at radius 3 is 2.84 bits per heavy atom. The summed E-state index contributed by atoms with van der Waals surface area (Å²) in [5.74, 6) is -1.06. The van der Waals surface area contributed by atoms with Crippen molar-refractivity contribution in [2.75, 3.05) is 11.4 Å². The molecule has 2 amide bonds. The molecule has 1 aliphatic heterocycles. The lowest BCUT2D eigenvalue weighted by molar-refractivity contribution is -0.125. The van der Waals surface area contributed by atoms with Crippen molar-refractivity contribution in [2.45, 2.75) is 25.8 Å². The lowest BCUT2D eigenvalue weighted by Crippen LogP contribution is -2.44. The summed E-state index contributed by atoms with van der Waals surface area (Å²) >= 11 is 5.69. The van der Waals surface area contributed by atoms with Crippen molar-refractivity contribution >= 4 is 29.1 Å². The lowest BCUT2D eigenvalue weighted by atomic mass is 10.2. The van der Waals surface area contributed by atoms with E-state index in [4.69, 9.17) is 11.6 Å². The number of nitrogens with zero attached hydrogens (tertiary/aromatic N) is 1. The molecule has 1 fully saturated rings. The topological polar surface area (TPSA) is 49.4 Å². The molecule has 0 aliphatic carbocycles. The van der Waals surface area contributed by atoms with Crippen molar-refractivity contribution in [1.82, 2.24) is 5.32 Å². The number of anilines is 1. The zero-order chi connectivity index (χ0) is 14.0. The monoisotopic (exact) mass is 284 g/mol. The normalized spacial score (nSPS) is 20.2. The first-order valence-electron chi connectivity index (χ1n) is 6.08. The minimum absolute atomic E-state index is 0.157. The molecule has 1 N–H and O–H groups in total. The molecule has 6 heteroatoms. The largest absolute Gasteiger partial charge is 0.344 e. The number of rotatable bonds is 2. The highest BCUT2D eigenvalue weighted by molar-refractivity contribution is 6.30. The minimum atomic E-state index is -0.606. The van der Waals surface area contributed by atoms with E-state index in [1.807, 2.05) is 0 Å². The molecule has 1 aromatic rings. The van der Waals surface area contributed by atoms with Crippen LogP contribution in [0.4, 0.5) is 10.1 Å². The van der Waals surface area contributed by atoms with Crippen LogP contribution in [0.1, 0.15) is 19.8 Å². The molecule has 2 rings (SSSR count). The van der Waals surface area contributed by atoms with E-state index in [-0.39, 0.29) is 35.5 Å². The van der Waals surface area contributed by atoms with Crippen LogP contribution in [-0.2, 0) is 9.59 Å². The van der Waals surface area contributed by atoms with E-state index in [0.717, 1.165) is 6.07 Å². The van der Waals surface area contributed by atoms with Crippen molar-refractivity contribution in [3.8, 4) is 0 Å². The number of halogens is 2. The van der Waals surface area contributed by atoms with Gasteiger partial charge in [-0.3, -0.25) is 9.59 Å². The first kappa shape index (κ1) is 13.8. The summed E-state index contributed by atoms with van der Waals surface area (Å²) in [7, 11) is 0. The predicted octanol–water partition coefficient (Wildman–Crippen LogP) is 2.11. The zero-order valence-corrected chi connectivity index (χ0v) is 11.2. The zero-order valence-electron chi connectivity index (χ0n) is 10.5. The van der Waals surface area contributed by atoms with Gasteiger partial charge in [-0.1, -0.05) is 18.5 Å². The second kappa shape index (κ2) is 5.57. The van der Waals surface area contributed by atoms with E-state index in [1.165, 1.54) is 17.0 Å². The van der Waals surface area contributed by atoms with Crippen molar-refractivity contribution < 1.29 is 14.0 Å². The van der Waals surface area contributed by atoms with Crippen LogP contribution in [0.15, 0.2) is 18.2 Å². The molecule has 0 bridgehead atoms. The van der Waals surface area contributed by atoms with E-state index < -0.39 is 11.9 Å². The molecular weight excluding hydrogens is 271 g/mol. The Labute approximate surface area is 115 Å². The summed E-state index contributed by atoms with van der Waals surface area (Å²) in [6.45, 7) is 1.96. The first-order valence-corrected chi connectivity index (χ1v) is 6.46. The fraction of sp³-hybridized carbons (Fsp3) is 0.385. The quantitative estimate of drug-likeness (QED) is 0.904. The Morgan fingerprint density at radius 1 is 1.47 bits per heavy atom. The van der Waals surface area contributed by atoms with Gasteiger partial charge < -0.3 is 10.2 Å². The molecule has 0 saturated carbocycles. The van der Waals surface area contributed by atoms with Gasteiger partial charge in [-0.2, -0.15) is 0 Å². The molecule has 1 saturated heterocycles. The molecule has 0 spiro atoms. The Balaban J connectivity index is 2.36. The van der Waals surface area contributed by atoms with E-state index >= 15 is 0 Å². The Morgan fingerprint density at radius 2 is 2.21 bits per heavy atom. The Kier molecular flexibility index (Phi) is 4.04. The Hall–Kier alpha value is -1.62. The average molecular weight is 285 g/mol. The van der Waals surface area contributed by atoms with E-state index in [1.54, 1.807) is 6.92 Å². The molecule has 4 nitrogen and oxygen atoms in total. The summed E-state index contributed by atoms with van der Waals surface area (Å²) in [5.41, 5.74) is 0.157. The van der Waals surface area contributed by atoms with Gasteiger partial charge in [0, 0.05) is 18.0 Å². The molecule has 1 aromatic carbocycles. The van der Waals surface area contributed by atoms with Crippen LogP contribution in [0.3, 0.4) is 0 Å². The smallest absolute Gasteiger partial charge is 0.249 e. The highest BCUT2D eigenvalue weighted by atomic mass is 35.5. The number of amides is 2. The summed E-state index contributed by atoms with van der Waals surface area (Å²) in [6.07, 6.45) is 0.626. The Bertz CT molecular complexity index is 521. The molecule has 0 aromatic heterocycles. The van der Waals surface area contributed by atoms with Crippen LogP contribution in [0.25, 0.3) is 0 Å². The number of carbonyl (C=O) groups excluding carboxylic acids is 2. The fourth-order valence-corrected chi connectivity index (χ4v) is 2.21. The fourth-order valence-electron chi connectivity index (χ4n) is 2.06.